The van der Waals surface area contributed by atoms with Gasteiger partial charge in [-0.1, -0.05) is 6.07 Å². The molecule has 1 atom stereocenters. The van der Waals surface area contributed by atoms with E-state index in [-0.39, 0.29) is 22.4 Å². The van der Waals surface area contributed by atoms with E-state index >= 15 is 0 Å². The number of aliphatic hydroxyl groups excluding tert-OH is 1. The number of aliphatic hydroxyl groups is 1. The molecule has 0 bridgehead atoms. The second-order valence-electron chi connectivity index (χ2n) is 7.53. The van der Waals surface area contributed by atoms with Crippen molar-refractivity contribution in [2.45, 2.75) is 26.8 Å². The predicted octanol–water partition coefficient (Wildman–Crippen LogP) is 5.80. The maximum Gasteiger partial charge on any atom is 0.345 e. The second-order valence-corrected chi connectivity index (χ2v) is 8.61. The van der Waals surface area contributed by atoms with Crippen LogP contribution in [-0.4, -0.2) is 36.4 Å². The molecule has 0 aliphatic rings. The number of allylic oxidation sites excluding steroid dienone is 2. The first-order valence-corrected chi connectivity index (χ1v) is 10.8. The van der Waals surface area contributed by atoms with Crippen LogP contribution in [0.2, 0.25) is 0 Å². The van der Waals surface area contributed by atoms with Crippen molar-refractivity contribution >= 4 is 39.6 Å². The molecule has 0 amide bonds. The minimum Gasteiger partial charge on any atom is -0.512 e. The fourth-order valence-electron chi connectivity index (χ4n) is 3.82. The summed E-state index contributed by atoms with van der Waals surface area (Å²) in [7, 11) is 0. The number of nitrogens with zero attached hydrogens (tertiary/aromatic N) is 3. The van der Waals surface area contributed by atoms with E-state index in [4.69, 9.17) is 5.41 Å². The van der Waals surface area contributed by atoms with Crippen LogP contribution in [-0.2, 0) is 0 Å². The van der Waals surface area contributed by atoms with Crippen LogP contribution in [0.1, 0.15) is 47.7 Å². The highest BCUT2D eigenvalue weighted by molar-refractivity contribution is 7.17. The molecule has 4 aromatic heterocycles. The molecule has 0 spiro atoms. The molecule has 4 aromatic rings. The largest absolute Gasteiger partial charge is 0.512 e. The molecular weight excluding hydrogens is 424 g/mol. The van der Waals surface area contributed by atoms with E-state index in [0.29, 0.717) is 16.7 Å². The molecule has 0 unspecified atom stereocenters. The topological polar surface area (TPSA) is 112 Å². The summed E-state index contributed by atoms with van der Waals surface area (Å²) >= 11 is 1.20. The molecule has 32 heavy (non-hydrogen) atoms. The maximum atomic E-state index is 11.4. The van der Waals surface area contributed by atoms with Gasteiger partial charge in [-0.15, -0.1) is 11.3 Å². The lowest BCUT2D eigenvalue weighted by molar-refractivity contribution is 0.0702. The second kappa shape index (κ2) is 8.39. The summed E-state index contributed by atoms with van der Waals surface area (Å²) in [6.45, 7) is 5.21. The van der Waals surface area contributed by atoms with Gasteiger partial charge in [-0.2, -0.15) is 0 Å². The van der Waals surface area contributed by atoms with Crippen LogP contribution in [0.15, 0.2) is 60.7 Å². The van der Waals surface area contributed by atoms with E-state index in [1.54, 1.807) is 38.4 Å². The molecule has 0 aliphatic carbocycles. The number of hydrogen-bond donors (Lipinski definition) is 3. The van der Waals surface area contributed by atoms with E-state index in [2.05, 4.69) is 9.97 Å². The Hall–Kier alpha value is -3.78. The molecule has 7 nitrogen and oxygen atoms in total. The number of fused-ring (bicyclic) bond motifs is 1. The van der Waals surface area contributed by atoms with Crippen molar-refractivity contribution in [3.8, 4) is 10.4 Å². The van der Waals surface area contributed by atoms with Crippen LogP contribution in [0, 0.1) is 5.41 Å². The van der Waals surface area contributed by atoms with Gasteiger partial charge in [0.1, 0.15) is 4.88 Å². The van der Waals surface area contributed by atoms with E-state index < -0.39 is 5.97 Å². The van der Waals surface area contributed by atoms with E-state index in [1.807, 2.05) is 42.0 Å². The van der Waals surface area contributed by atoms with Gasteiger partial charge in [0.15, 0.2) is 0 Å². The van der Waals surface area contributed by atoms with Gasteiger partial charge < -0.3 is 20.2 Å². The zero-order valence-electron chi connectivity index (χ0n) is 17.8. The lowest BCUT2D eigenvalue weighted by Crippen LogP contribution is -2.07. The van der Waals surface area contributed by atoms with Gasteiger partial charge in [-0.05, 0) is 51.1 Å². The maximum absolute atomic E-state index is 11.4. The van der Waals surface area contributed by atoms with Crippen LogP contribution < -0.4 is 0 Å². The smallest absolute Gasteiger partial charge is 0.345 e. The van der Waals surface area contributed by atoms with Crippen molar-refractivity contribution in [2.24, 2.45) is 0 Å². The van der Waals surface area contributed by atoms with E-state index in [1.165, 1.54) is 11.3 Å². The molecule has 0 aliphatic heterocycles. The van der Waals surface area contributed by atoms with Crippen molar-refractivity contribution < 1.29 is 15.0 Å². The number of carboxylic acids is 1. The molecule has 0 fully saturated rings. The molecule has 162 valence electrons. The van der Waals surface area contributed by atoms with Crippen LogP contribution in [0.4, 0.5) is 0 Å². The Labute approximate surface area is 188 Å². The van der Waals surface area contributed by atoms with E-state index in [9.17, 15) is 15.0 Å². The number of thiophene rings is 1. The summed E-state index contributed by atoms with van der Waals surface area (Å²) < 4.78 is 2.05. The van der Waals surface area contributed by atoms with Crippen LogP contribution in [0.3, 0.4) is 0 Å². The Balaban J connectivity index is 1.97. The zero-order chi connectivity index (χ0) is 23.0. The molecule has 4 heterocycles. The average molecular weight is 447 g/mol. The quantitative estimate of drug-likeness (QED) is 0.256. The summed E-state index contributed by atoms with van der Waals surface area (Å²) in [6.07, 6.45) is 5.35. The monoisotopic (exact) mass is 446 g/mol. The number of rotatable bonds is 6. The Bertz CT molecular complexity index is 1360. The number of pyridine rings is 2. The highest BCUT2D eigenvalue weighted by Crippen LogP contribution is 2.37. The third kappa shape index (κ3) is 3.80. The summed E-state index contributed by atoms with van der Waals surface area (Å²) in [5.74, 6) is -0.907. The molecule has 4 rings (SSSR count). The first kappa shape index (κ1) is 21.5. The third-order valence-corrected chi connectivity index (χ3v) is 6.42. The zero-order valence-corrected chi connectivity index (χ0v) is 18.6. The van der Waals surface area contributed by atoms with Gasteiger partial charge in [-0.25, -0.2) is 4.79 Å². The number of aromatic carboxylic acids is 1. The lowest BCUT2D eigenvalue weighted by atomic mass is 10.0. The Morgan fingerprint density at radius 3 is 2.53 bits per heavy atom. The minimum absolute atomic E-state index is 0.0547. The highest BCUT2D eigenvalue weighted by Gasteiger charge is 2.21. The van der Waals surface area contributed by atoms with Crippen molar-refractivity contribution in [1.29, 1.82) is 5.41 Å². The third-order valence-electron chi connectivity index (χ3n) is 5.31. The lowest BCUT2D eigenvalue weighted by Gasteiger charge is -2.15. The molecule has 8 heteroatoms. The Morgan fingerprint density at radius 2 is 1.94 bits per heavy atom. The predicted molar refractivity (Wildman–Crippen MR) is 127 cm³/mol. The molecule has 0 radical (unpaired) electrons. The van der Waals surface area contributed by atoms with E-state index in [0.717, 1.165) is 21.7 Å². The summed E-state index contributed by atoms with van der Waals surface area (Å²) in [5, 5.41) is 27.5. The average Bonchev–Trinajstić information content (AvgIpc) is 3.38. The molecule has 0 saturated carbocycles. The van der Waals surface area contributed by atoms with Gasteiger partial charge >= 0.3 is 5.97 Å². The molecule has 3 N–H and O–H groups in total. The van der Waals surface area contributed by atoms with Crippen LogP contribution in [0.25, 0.3) is 27.0 Å². The Morgan fingerprint density at radius 1 is 1.16 bits per heavy atom. The SMILES string of the molecule is CC(=N)/C(=C(/C)O)c1cnc2c(-c3ccc(C(=O)O)s3)cn([C@@H](C)c3ccccn3)c2c1. The fraction of sp³-hybridized carbons (Fsp3) is 0.167. The van der Waals surface area contributed by atoms with Crippen LogP contribution >= 0.6 is 11.3 Å². The fourth-order valence-corrected chi connectivity index (χ4v) is 4.68. The summed E-state index contributed by atoms with van der Waals surface area (Å²) in [5.41, 5.74) is 4.53. The van der Waals surface area contributed by atoms with Crippen molar-refractivity contribution in [2.75, 3.05) is 0 Å². The number of carboxylic acid groups (broad SMARTS) is 1. The van der Waals surface area contributed by atoms with Gasteiger partial charge in [0.05, 0.1) is 28.5 Å². The summed E-state index contributed by atoms with van der Waals surface area (Å²) in [4.78, 5) is 21.6. The van der Waals surface area contributed by atoms with Gasteiger partial charge in [0.25, 0.3) is 0 Å². The van der Waals surface area contributed by atoms with Crippen molar-refractivity contribution in [3.05, 3.63) is 76.9 Å². The number of nitrogens with one attached hydrogen (secondary N) is 1. The summed E-state index contributed by atoms with van der Waals surface area (Å²) in [6, 6.07) is 10.9. The van der Waals surface area contributed by atoms with Crippen molar-refractivity contribution in [1.82, 2.24) is 14.5 Å². The van der Waals surface area contributed by atoms with Crippen LogP contribution in [0.5, 0.6) is 0 Å². The minimum atomic E-state index is -0.961. The molecular formula is C24H22N4O3S. The first-order valence-electron chi connectivity index (χ1n) is 9.98. The molecule has 0 saturated heterocycles. The number of aromatic nitrogens is 3. The Kier molecular flexibility index (Phi) is 5.63. The van der Waals surface area contributed by atoms with Gasteiger partial charge in [0, 0.05) is 45.9 Å². The molecule has 0 aromatic carbocycles. The highest BCUT2D eigenvalue weighted by atomic mass is 32.1. The number of hydrogen-bond acceptors (Lipinski definition) is 6. The standard InChI is InChI=1S/C24H22N4O3S/c1-13(25)22(15(3)29)16-10-19-23(27-11-16)17(20-7-8-21(32-20)24(30)31)12-28(19)14(2)18-6-4-5-9-26-18/h4-12,14,25,29H,1-3H3,(H,30,31)/b22-15+,25-13?/t14-/m0/s1. The van der Waals surface area contributed by atoms with Gasteiger partial charge in [0.2, 0.25) is 0 Å². The first-order chi connectivity index (χ1) is 15.3. The normalized spacial score (nSPS) is 13.1. The number of carbonyl (C=O) groups is 1. The van der Waals surface area contributed by atoms with Gasteiger partial charge in [-0.3, -0.25) is 9.97 Å². The van der Waals surface area contributed by atoms with Crippen molar-refractivity contribution in [3.63, 3.8) is 0 Å².